The van der Waals surface area contributed by atoms with Crippen LogP contribution in [0.3, 0.4) is 0 Å². The molecule has 2 unspecified atom stereocenters. The van der Waals surface area contributed by atoms with Gasteiger partial charge in [0.25, 0.3) is 0 Å². The topological polar surface area (TPSA) is 42.2 Å². The predicted molar refractivity (Wildman–Crippen MR) is 48.3 cm³/mol. The first-order chi connectivity index (χ1) is 6.77. The van der Waals surface area contributed by atoms with E-state index in [9.17, 15) is 4.39 Å². The van der Waals surface area contributed by atoms with E-state index < -0.39 is 6.17 Å². The standard InChI is InChI=1S/C9H14FN3O/c1-13(5-9-11-6-14-12-9)8-4-2-3-7(8)10/h6-8H,2-5H2,1H3. The molecule has 0 aromatic carbocycles. The highest BCUT2D eigenvalue weighted by molar-refractivity contribution is 4.87. The quantitative estimate of drug-likeness (QED) is 0.737. The minimum Gasteiger partial charge on any atom is -0.343 e. The molecule has 2 rings (SSSR count). The maximum Gasteiger partial charge on any atom is 0.213 e. The number of alkyl halides is 1. The Morgan fingerprint density at radius 1 is 1.64 bits per heavy atom. The van der Waals surface area contributed by atoms with E-state index in [1.54, 1.807) is 0 Å². The second-order valence-corrected chi connectivity index (χ2v) is 3.78. The average molecular weight is 199 g/mol. The number of rotatable bonds is 3. The van der Waals surface area contributed by atoms with Gasteiger partial charge in [0.15, 0.2) is 5.82 Å². The molecule has 1 aliphatic rings. The van der Waals surface area contributed by atoms with Gasteiger partial charge in [0, 0.05) is 6.04 Å². The first-order valence-electron chi connectivity index (χ1n) is 4.87. The van der Waals surface area contributed by atoms with Crippen molar-refractivity contribution in [2.24, 2.45) is 0 Å². The largest absolute Gasteiger partial charge is 0.343 e. The molecule has 0 aliphatic heterocycles. The van der Waals surface area contributed by atoms with Gasteiger partial charge in [0.05, 0.1) is 6.54 Å². The Labute approximate surface area is 82.1 Å². The molecular formula is C9H14FN3O. The minimum atomic E-state index is -0.702. The molecule has 0 N–H and O–H groups in total. The van der Waals surface area contributed by atoms with Gasteiger partial charge in [0.2, 0.25) is 6.39 Å². The third kappa shape index (κ3) is 1.92. The monoisotopic (exact) mass is 199 g/mol. The van der Waals surface area contributed by atoms with Crippen molar-refractivity contribution in [1.29, 1.82) is 0 Å². The van der Waals surface area contributed by atoms with E-state index in [0.29, 0.717) is 18.8 Å². The van der Waals surface area contributed by atoms with Gasteiger partial charge in [-0.1, -0.05) is 5.16 Å². The van der Waals surface area contributed by atoms with E-state index >= 15 is 0 Å². The molecule has 0 radical (unpaired) electrons. The highest BCUT2D eigenvalue weighted by Crippen LogP contribution is 2.26. The van der Waals surface area contributed by atoms with Crippen LogP contribution >= 0.6 is 0 Å². The molecule has 0 bridgehead atoms. The summed E-state index contributed by atoms with van der Waals surface area (Å²) in [6, 6.07) is 0.0218. The van der Waals surface area contributed by atoms with Crippen molar-refractivity contribution in [3.63, 3.8) is 0 Å². The second-order valence-electron chi connectivity index (χ2n) is 3.78. The van der Waals surface area contributed by atoms with E-state index in [2.05, 4.69) is 14.7 Å². The number of nitrogens with zero attached hydrogens (tertiary/aromatic N) is 3. The fraction of sp³-hybridized carbons (Fsp3) is 0.778. The van der Waals surface area contributed by atoms with Crippen LogP contribution in [0.25, 0.3) is 0 Å². The van der Waals surface area contributed by atoms with E-state index in [1.165, 1.54) is 6.39 Å². The molecule has 1 aromatic heterocycles. The lowest BCUT2D eigenvalue weighted by atomic mass is 10.2. The Morgan fingerprint density at radius 2 is 2.50 bits per heavy atom. The molecule has 1 saturated carbocycles. The van der Waals surface area contributed by atoms with Crippen LogP contribution in [0.15, 0.2) is 10.9 Å². The van der Waals surface area contributed by atoms with Crippen LogP contribution in [0.1, 0.15) is 25.1 Å². The molecule has 0 amide bonds. The van der Waals surface area contributed by atoms with Gasteiger partial charge < -0.3 is 4.52 Å². The molecule has 4 nitrogen and oxygen atoms in total. The summed E-state index contributed by atoms with van der Waals surface area (Å²) >= 11 is 0. The number of hydrogen-bond acceptors (Lipinski definition) is 4. The lowest BCUT2D eigenvalue weighted by Gasteiger charge is -2.24. The zero-order valence-corrected chi connectivity index (χ0v) is 8.19. The van der Waals surface area contributed by atoms with Gasteiger partial charge in [-0.25, -0.2) is 4.39 Å². The molecule has 78 valence electrons. The fourth-order valence-electron chi connectivity index (χ4n) is 1.99. The number of halogens is 1. The zero-order chi connectivity index (χ0) is 9.97. The average Bonchev–Trinajstić information content (AvgIpc) is 2.75. The van der Waals surface area contributed by atoms with E-state index in [-0.39, 0.29) is 6.04 Å². The molecule has 1 aromatic rings. The Morgan fingerprint density at radius 3 is 3.07 bits per heavy atom. The molecule has 0 saturated heterocycles. The minimum absolute atomic E-state index is 0.0218. The van der Waals surface area contributed by atoms with Gasteiger partial charge in [0.1, 0.15) is 6.17 Å². The van der Waals surface area contributed by atoms with E-state index in [4.69, 9.17) is 0 Å². The Kier molecular flexibility index (Phi) is 2.77. The summed E-state index contributed by atoms with van der Waals surface area (Å²) in [6.45, 7) is 0.557. The fourth-order valence-corrected chi connectivity index (χ4v) is 1.99. The number of hydrogen-bond donors (Lipinski definition) is 0. The highest BCUT2D eigenvalue weighted by atomic mass is 19.1. The summed E-state index contributed by atoms with van der Waals surface area (Å²) in [5.74, 6) is 0.617. The normalized spacial score (nSPS) is 27.4. The Hall–Kier alpha value is -0.970. The SMILES string of the molecule is CN(Cc1ncon1)C1CCCC1F. The van der Waals surface area contributed by atoms with Crippen LogP contribution in [0.5, 0.6) is 0 Å². The first kappa shape index (κ1) is 9.58. The van der Waals surface area contributed by atoms with Gasteiger partial charge >= 0.3 is 0 Å². The van der Waals surface area contributed by atoms with Gasteiger partial charge in [-0.2, -0.15) is 4.98 Å². The van der Waals surface area contributed by atoms with Gasteiger partial charge in [-0.05, 0) is 26.3 Å². The smallest absolute Gasteiger partial charge is 0.213 e. The van der Waals surface area contributed by atoms with Crippen molar-refractivity contribution in [2.45, 2.75) is 38.0 Å². The summed E-state index contributed by atoms with van der Waals surface area (Å²) in [4.78, 5) is 5.87. The third-order valence-corrected chi connectivity index (χ3v) is 2.76. The van der Waals surface area contributed by atoms with Crippen LogP contribution in [0, 0.1) is 0 Å². The van der Waals surface area contributed by atoms with Crippen LogP contribution in [0.4, 0.5) is 4.39 Å². The molecule has 14 heavy (non-hydrogen) atoms. The van der Waals surface area contributed by atoms with Crippen molar-refractivity contribution in [3.05, 3.63) is 12.2 Å². The maximum atomic E-state index is 13.4. The van der Waals surface area contributed by atoms with Crippen molar-refractivity contribution in [1.82, 2.24) is 15.0 Å². The van der Waals surface area contributed by atoms with E-state index in [0.717, 1.165) is 12.8 Å². The zero-order valence-electron chi connectivity index (χ0n) is 8.19. The van der Waals surface area contributed by atoms with Crippen LogP contribution < -0.4 is 0 Å². The molecule has 5 heteroatoms. The van der Waals surface area contributed by atoms with Crippen molar-refractivity contribution in [2.75, 3.05) is 7.05 Å². The maximum absolute atomic E-state index is 13.4. The van der Waals surface area contributed by atoms with Crippen molar-refractivity contribution in [3.8, 4) is 0 Å². The Balaban J connectivity index is 1.92. The van der Waals surface area contributed by atoms with Crippen molar-refractivity contribution < 1.29 is 8.91 Å². The molecular weight excluding hydrogens is 185 g/mol. The molecule has 0 spiro atoms. The van der Waals surface area contributed by atoms with Gasteiger partial charge in [-0.3, -0.25) is 4.90 Å². The molecule has 1 heterocycles. The summed E-state index contributed by atoms with van der Waals surface area (Å²) < 4.78 is 18.0. The van der Waals surface area contributed by atoms with Crippen LogP contribution in [-0.4, -0.2) is 34.3 Å². The first-order valence-corrected chi connectivity index (χ1v) is 4.87. The highest BCUT2D eigenvalue weighted by Gasteiger charge is 2.30. The molecule has 2 atom stereocenters. The predicted octanol–water partition coefficient (Wildman–Crippen LogP) is 1.39. The van der Waals surface area contributed by atoms with Crippen LogP contribution in [-0.2, 0) is 6.54 Å². The molecule has 1 aliphatic carbocycles. The summed E-state index contributed by atoms with van der Waals surface area (Å²) in [6.07, 6.45) is 3.18. The second kappa shape index (κ2) is 4.04. The lowest BCUT2D eigenvalue weighted by molar-refractivity contribution is 0.149. The summed E-state index contributed by atoms with van der Waals surface area (Å²) in [5, 5.41) is 3.70. The third-order valence-electron chi connectivity index (χ3n) is 2.76. The summed E-state index contributed by atoms with van der Waals surface area (Å²) in [5.41, 5.74) is 0. The summed E-state index contributed by atoms with van der Waals surface area (Å²) in [7, 11) is 1.90. The molecule has 1 fully saturated rings. The van der Waals surface area contributed by atoms with Gasteiger partial charge in [-0.15, -0.1) is 0 Å². The van der Waals surface area contributed by atoms with Crippen LogP contribution in [0.2, 0.25) is 0 Å². The number of aromatic nitrogens is 2. The van der Waals surface area contributed by atoms with E-state index in [1.807, 2.05) is 11.9 Å². The van der Waals surface area contributed by atoms with Crippen molar-refractivity contribution >= 4 is 0 Å². The Bertz CT molecular complexity index is 278. The lowest BCUT2D eigenvalue weighted by Crippen LogP contribution is -2.35.